The molecule has 7 nitrogen and oxygen atoms in total. The molecule has 0 radical (unpaired) electrons. The van der Waals surface area contributed by atoms with Crippen molar-refractivity contribution in [2.75, 3.05) is 38.8 Å². The van der Waals surface area contributed by atoms with Crippen molar-refractivity contribution in [2.45, 2.75) is 32.2 Å². The highest BCUT2D eigenvalue weighted by molar-refractivity contribution is 6.00. The first-order valence-corrected chi connectivity index (χ1v) is 9.50. The minimum absolute atomic E-state index is 0.0515. The average molecular weight is 375 g/mol. The highest BCUT2D eigenvalue weighted by atomic mass is 16.5. The Bertz CT molecular complexity index is 684. The van der Waals surface area contributed by atoms with Crippen molar-refractivity contribution in [1.82, 2.24) is 4.90 Å². The Morgan fingerprint density at radius 1 is 1.19 bits per heavy atom. The summed E-state index contributed by atoms with van der Waals surface area (Å²) in [5, 5.41) is 0. The van der Waals surface area contributed by atoms with Crippen LogP contribution in [0.1, 0.15) is 26.2 Å². The van der Waals surface area contributed by atoms with Crippen LogP contribution in [-0.4, -0.2) is 56.6 Å². The number of carbonyl (C=O) groups is 2. The van der Waals surface area contributed by atoms with Crippen LogP contribution in [0.4, 0.5) is 5.69 Å². The Morgan fingerprint density at radius 2 is 1.85 bits per heavy atom. The molecule has 27 heavy (non-hydrogen) atoms. The average Bonchev–Trinajstić information content (AvgIpc) is 3.08. The summed E-state index contributed by atoms with van der Waals surface area (Å²) in [4.78, 5) is 29.1. The van der Waals surface area contributed by atoms with Crippen molar-refractivity contribution in [3.8, 4) is 11.5 Å². The molecule has 2 saturated heterocycles. The van der Waals surface area contributed by atoms with Crippen LogP contribution in [0.15, 0.2) is 18.2 Å². The normalized spacial score (nSPS) is 24.1. The third kappa shape index (κ3) is 4.18. The van der Waals surface area contributed by atoms with E-state index in [1.165, 1.54) is 0 Å². The fourth-order valence-electron chi connectivity index (χ4n) is 3.97. The number of likely N-dealkylation sites (tertiary alicyclic amines) is 1. The van der Waals surface area contributed by atoms with Gasteiger partial charge in [-0.15, -0.1) is 0 Å². The molecule has 2 amide bonds. The molecule has 0 saturated carbocycles. The molecule has 2 aliphatic heterocycles. The lowest BCUT2D eigenvalue weighted by Crippen LogP contribution is -2.47. The highest BCUT2D eigenvalue weighted by Crippen LogP contribution is 2.33. The molecule has 0 aromatic heterocycles. The van der Waals surface area contributed by atoms with E-state index in [1.807, 2.05) is 11.8 Å². The maximum Gasteiger partial charge on any atom is 0.228 e. The van der Waals surface area contributed by atoms with Crippen LogP contribution in [0.2, 0.25) is 0 Å². The lowest BCUT2D eigenvalue weighted by Gasteiger charge is -2.35. The zero-order chi connectivity index (χ0) is 19.6. The Kier molecular flexibility index (Phi) is 5.89. The highest BCUT2D eigenvalue weighted by Gasteiger charge is 2.38. The van der Waals surface area contributed by atoms with E-state index < -0.39 is 0 Å². The number of nitrogens with zero attached hydrogens (tertiary/aromatic N) is 2. The van der Waals surface area contributed by atoms with Crippen molar-refractivity contribution in [2.24, 2.45) is 17.6 Å². The van der Waals surface area contributed by atoms with E-state index in [1.54, 1.807) is 37.3 Å². The fraction of sp³-hybridized carbons (Fsp3) is 0.600. The summed E-state index contributed by atoms with van der Waals surface area (Å²) in [6.45, 7) is 3.82. The Morgan fingerprint density at radius 3 is 2.44 bits per heavy atom. The third-order valence-electron chi connectivity index (χ3n) is 5.64. The van der Waals surface area contributed by atoms with Gasteiger partial charge >= 0.3 is 0 Å². The molecule has 148 valence electrons. The molecule has 0 bridgehead atoms. The van der Waals surface area contributed by atoms with Crippen LogP contribution in [0, 0.1) is 11.8 Å². The second-order valence-corrected chi connectivity index (χ2v) is 7.52. The van der Waals surface area contributed by atoms with Crippen molar-refractivity contribution in [3.63, 3.8) is 0 Å². The molecule has 1 aromatic rings. The monoisotopic (exact) mass is 375 g/mol. The van der Waals surface area contributed by atoms with Gasteiger partial charge in [0.05, 0.1) is 25.8 Å². The van der Waals surface area contributed by atoms with Gasteiger partial charge in [0.2, 0.25) is 11.8 Å². The van der Waals surface area contributed by atoms with Gasteiger partial charge in [-0.3, -0.25) is 9.59 Å². The molecule has 3 atom stereocenters. The molecule has 2 fully saturated rings. The van der Waals surface area contributed by atoms with Gasteiger partial charge in [-0.05, 0) is 25.7 Å². The van der Waals surface area contributed by atoms with Crippen molar-refractivity contribution in [3.05, 3.63) is 18.2 Å². The van der Waals surface area contributed by atoms with E-state index in [-0.39, 0.29) is 30.2 Å². The van der Waals surface area contributed by atoms with E-state index in [0.29, 0.717) is 36.2 Å². The first kappa shape index (κ1) is 19.5. The Balaban J connectivity index is 1.73. The molecule has 3 rings (SSSR count). The van der Waals surface area contributed by atoms with Gasteiger partial charge in [0.25, 0.3) is 0 Å². The number of ether oxygens (including phenoxy) is 2. The van der Waals surface area contributed by atoms with Crippen molar-refractivity contribution in [1.29, 1.82) is 0 Å². The van der Waals surface area contributed by atoms with E-state index in [0.717, 1.165) is 19.4 Å². The number of amides is 2. The zero-order valence-electron chi connectivity index (χ0n) is 16.3. The van der Waals surface area contributed by atoms with Gasteiger partial charge in [0.1, 0.15) is 11.5 Å². The molecular weight excluding hydrogens is 346 g/mol. The van der Waals surface area contributed by atoms with E-state index in [9.17, 15) is 9.59 Å². The number of hydrogen-bond donors (Lipinski definition) is 1. The minimum Gasteiger partial charge on any atom is -0.497 e. The molecule has 1 aromatic carbocycles. The third-order valence-corrected chi connectivity index (χ3v) is 5.64. The quantitative estimate of drug-likeness (QED) is 0.846. The van der Waals surface area contributed by atoms with Crippen LogP contribution < -0.4 is 20.1 Å². The fourth-order valence-corrected chi connectivity index (χ4v) is 3.97. The summed E-state index contributed by atoms with van der Waals surface area (Å²) in [7, 11) is 3.14. The molecule has 7 heteroatoms. The van der Waals surface area contributed by atoms with Crippen molar-refractivity contribution >= 4 is 17.5 Å². The van der Waals surface area contributed by atoms with Gasteiger partial charge in [-0.25, -0.2) is 0 Å². The van der Waals surface area contributed by atoms with Crippen LogP contribution in [-0.2, 0) is 9.59 Å². The number of carbonyl (C=O) groups excluding carboxylic acids is 2. The Hall–Kier alpha value is -2.28. The molecule has 2 aliphatic rings. The topological polar surface area (TPSA) is 85.1 Å². The van der Waals surface area contributed by atoms with Gasteiger partial charge in [-0.1, -0.05) is 0 Å². The number of rotatable bonds is 5. The number of piperidine rings is 1. The summed E-state index contributed by atoms with van der Waals surface area (Å²) in [5.74, 6) is 1.25. The number of methoxy groups -OCH3 is 2. The first-order valence-electron chi connectivity index (χ1n) is 9.50. The summed E-state index contributed by atoms with van der Waals surface area (Å²) >= 11 is 0. The van der Waals surface area contributed by atoms with Gasteiger partial charge in [0.15, 0.2) is 0 Å². The second-order valence-electron chi connectivity index (χ2n) is 7.52. The van der Waals surface area contributed by atoms with E-state index >= 15 is 0 Å². The van der Waals surface area contributed by atoms with Crippen LogP contribution in [0.3, 0.4) is 0 Å². The number of anilines is 1. The largest absolute Gasteiger partial charge is 0.497 e. The van der Waals surface area contributed by atoms with Crippen LogP contribution in [0.5, 0.6) is 11.5 Å². The van der Waals surface area contributed by atoms with E-state index in [2.05, 4.69) is 0 Å². The smallest absolute Gasteiger partial charge is 0.228 e. The molecule has 2 heterocycles. The summed E-state index contributed by atoms with van der Waals surface area (Å²) < 4.78 is 10.6. The maximum absolute atomic E-state index is 13.0. The minimum atomic E-state index is -0.318. The number of hydrogen-bond acceptors (Lipinski definition) is 5. The molecule has 0 aliphatic carbocycles. The van der Waals surface area contributed by atoms with Gasteiger partial charge in [-0.2, -0.15) is 0 Å². The number of nitrogens with two attached hydrogens (primary N) is 1. The van der Waals surface area contributed by atoms with Crippen LogP contribution >= 0.6 is 0 Å². The lowest BCUT2D eigenvalue weighted by atomic mass is 9.91. The van der Waals surface area contributed by atoms with Gasteiger partial charge in [0, 0.05) is 50.3 Å². The standard InChI is InChI=1S/C20H29N3O4/c1-13(21)14-5-4-6-22(11-14)20(25)15-7-19(24)23(12-15)16-8-17(26-2)10-18(9-16)27-3/h8-10,13-15H,4-7,11-12,21H2,1-3H3. The zero-order valence-corrected chi connectivity index (χ0v) is 16.3. The summed E-state index contributed by atoms with van der Waals surface area (Å²) in [5.41, 5.74) is 6.73. The first-order chi connectivity index (χ1) is 12.9. The second kappa shape index (κ2) is 8.17. The summed E-state index contributed by atoms with van der Waals surface area (Å²) in [6, 6.07) is 5.42. The molecular formula is C20H29N3O4. The van der Waals surface area contributed by atoms with E-state index in [4.69, 9.17) is 15.2 Å². The molecule has 3 unspecified atom stereocenters. The predicted molar refractivity (Wildman–Crippen MR) is 103 cm³/mol. The van der Waals surface area contributed by atoms with Crippen molar-refractivity contribution < 1.29 is 19.1 Å². The predicted octanol–water partition coefficient (Wildman–Crippen LogP) is 1.64. The van der Waals surface area contributed by atoms with Gasteiger partial charge < -0.3 is 25.0 Å². The summed E-state index contributed by atoms with van der Waals surface area (Å²) in [6.07, 6.45) is 2.26. The maximum atomic E-state index is 13.0. The van der Waals surface area contributed by atoms with Crippen LogP contribution in [0.25, 0.3) is 0 Å². The Labute approximate surface area is 160 Å². The SMILES string of the molecule is COc1cc(OC)cc(N2CC(C(=O)N3CCCC(C(C)N)C3)CC2=O)c1. The molecule has 2 N–H and O–H groups in total. The molecule has 0 spiro atoms. The lowest BCUT2D eigenvalue weighted by molar-refractivity contribution is -0.137. The number of benzene rings is 1.